The number of aliphatic hydroxyl groups is 1. The molecule has 0 fully saturated rings. The predicted octanol–water partition coefficient (Wildman–Crippen LogP) is 1.07. The molecule has 0 aliphatic rings. The Labute approximate surface area is 73.0 Å². The molecular formula is C9H16N2O. The fraction of sp³-hybridized carbons (Fsp3) is 0.667. The Morgan fingerprint density at radius 3 is 2.92 bits per heavy atom. The van der Waals surface area contributed by atoms with Crippen molar-refractivity contribution in [3.8, 4) is 0 Å². The minimum Gasteiger partial charge on any atom is -0.394 e. The molecule has 0 saturated heterocycles. The maximum absolute atomic E-state index is 8.65. The molecule has 0 spiro atoms. The van der Waals surface area contributed by atoms with Crippen LogP contribution in [-0.2, 0) is 13.0 Å². The van der Waals surface area contributed by atoms with E-state index in [1.807, 2.05) is 12.4 Å². The Bertz CT molecular complexity index is 230. The zero-order valence-electron chi connectivity index (χ0n) is 7.70. The summed E-state index contributed by atoms with van der Waals surface area (Å²) in [5.74, 6) is 0.664. The fourth-order valence-electron chi connectivity index (χ4n) is 1.21. The van der Waals surface area contributed by atoms with Gasteiger partial charge in [-0.15, -0.1) is 0 Å². The van der Waals surface area contributed by atoms with E-state index in [0.29, 0.717) is 12.5 Å². The highest BCUT2D eigenvalue weighted by atomic mass is 16.3. The first-order chi connectivity index (χ1) is 5.72. The topological polar surface area (TPSA) is 38.0 Å². The van der Waals surface area contributed by atoms with Crippen molar-refractivity contribution in [2.45, 2.75) is 26.8 Å². The van der Waals surface area contributed by atoms with E-state index in [-0.39, 0.29) is 6.61 Å². The molecule has 1 rings (SSSR count). The molecule has 0 radical (unpaired) electrons. The van der Waals surface area contributed by atoms with E-state index in [4.69, 9.17) is 5.11 Å². The normalized spacial score (nSPS) is 11.0. The molecule has 0 bridgehead atoms. The maximum atomic E-state index is 8.65. The Morgan fingerprint density at radius 1 is 1.58 bits per heavy atom. The summed E-state index contributed by atoms with van der Waals surface area (Å²) in [5, 5.41) is 12.8. The van der Waals surface area contributed by atoms with Gasteiger partial charge in [-0.3, -0.25) is 4.68 Å². The van der Waals surface area contributed by atoms with E-state index >= 15 is 0 Å². The van der Waals surface area contributed by atoms with E-state index in [0.717, 1.165) is 6.42 Å². The third-order valence-electron chi connectivity index (χ3n) is 1.66. The van der Waals surface area contributed by atoms with E-state index < -0.39 is 0 Å². The minimum atomic E-state index is 0.156. The van der Waals surface area contributed by atoms with Crippen LogP contribution in [0.1, 0.15) is 19.4 Å². The molecule has 1 aromatic heterocycles. The molecule has 68 valence electrons. The first kappa shape index (κ1) is 9.26. The summed E-state index contributed by atoms with van der Waals surface area (Å²) >= 11 is 0. The van der Waals surface area contributed by atoms with Crippen LogP contribution in [0.3, 0.4) is 0 Å². The lowest BCUT2D eigenvalue weighted by Gasteiger charge is -1.99. The Hall–Kier alpha value is -0.830. The van der Waals surface area contributed by atoms with Gasteiger partial charge in [-0.25, -0.2) is 0 Å². The average molecular weight is 168 g/mol. The molecule has 0 aliphatic carbocycles. The smallest absolute Gasteiger partial charge is 0.0640 e. The Morgan fingerprint density at radius 2 is 2.33 bits per heavy atom. The van der Waals surface area contributed by atoms with E-state index in [2.05, 4.69) is 18.9 Å². The van der Waals surface area contributed by atoms with Crippen molar-refractivity contribution in [3.63, 3.8) is 0 Å². The molecule has 0 atom stereocenters. The van der Waals surface area contributed by atoms with Gasteiger partial charge < -0.3 is 5.11 Å². The molecule has 1 aromatic rings. The largest absolute Gasteiger partial charge is 0.394 e. The van der Waals surface area contributed by atoms with E-state index in [9.17, 15) is 0 Å². The Kier molecular flexibility index (Phi) is 3.29. The Balaban J connectivity index is 2.52. The van der Waals surface area contributed by atoms with Crippen molar-refractivity contribution < 1.29 is 5.11 Å². The molecule has 0 saturated carbocycles. The highest BCUT2D eigenvalue weighted by Crippen LogP contribution is 2.05. The quantitative estimate of drug-likeness (QED) is 0.730. The number of hydrogen-bond acceptors (Lipinski definition) is 2. The lowest BCUT2D eigenvalue weighted by molar-refractivity contribution is 0.269. The van der Waals surface area contributed by atoms with Crippen LogP contribution in [0.2, 0.25) is 0 Å². The van der Waals surface area contributed by atoms with Crippen LogP contribution >= 0.6 is 0 Å². The van der Waals surface area contributed by atoms with Gasteiger partial charge in [-0.2, -0.15) is 5.10 Å². The summed E-state index contributed by atoms with van der Waals surface area (Å²) in [4.78, 5) is 0. The monoisotopic (exact) mass is 168 g/mol. The summed E-state index contributed by atoms with van der Waals surface area (Å²) in [6, 6.07) is 0. The second-order valence-electron chi connectivity index (χ2n) is 3.43. The first-order valence-electron chi connectivity index (χ1n) is 4.34. The summed E-state index contributed by atoms with van der Waals surface area (Å²) in [6.45, 7) is 5.12. The van der Waals surface area contributed by atoms with Crippen molar-refractivity contribution in [2.24, 2.45) is 5.92 Å². The van der Waals surface area contributed by atoms with Crippen LogP contribution in [0.5, 0.6) is 0 Å². The molecular weight excluding hydrogens is 152 g/mol. The number of rotatable bonds is 4. The molecule has 0 amide bonds. The van der Waals surface area contributed by atoms with Crippen molar-refractivity contribution in [1.82, 2.24) is 9.78 Å². The summed E-state index contributed by atoms with van der Waals surface area (Å²) in [7, 11) is 0. The highest BCUT2D eigenvalue weighted by Gasteiger charge is 2.00. The van der Waals surface area contributed by atoms with Crippen molar-refractivity contribution in [1.29, 1.82) is 0 Å². The maximum Gasteiger partial charge on any atom is 0.0640 e. The summed E-state index contributed by atoms with van der Waals surface area (Å²) in [5.41, 5.74) is 1.25. The van der Waals surface area contributed by atoms with Crippen LogP contribution in [0, 0.1) is 5.92 Å². The third-order valence-corrected chi connectivity index (χ3v) is 1.66. The van der Waals surface area contributed by atoms with Crippen LogP contribution in [0.25, 0.3) is 0 Å². The van der Waals surface area contributed by atoms with Gasteiger partial charge in [0, 0.05) is 6.20 Å². The third kappa shape index (κ3) is 2.66. The number of nitrogens with zero attached hydrogens (tertiary/aromatic N) is 2. The van der Waals surface area contributed by atoms with Crippen molar-refractivity contribution in [3.05, 3.63) is 18.0 Å². The van der Waals surface area contributed by atoms with Crippen molar-refractivity contribution in [2.75, 3.05) is 6.61 Å². The van der Waals surface area contributed by atoms with E-state index in [1.54, 1.807) is 4.68 Å². The van der Waals surface area contributed by atoms with Crippen LogP contribution in [-0.4, -0.2) is 21.5 Å². The number of hydrogen-bond donors (Lipinski definition) is 1. The van der Waals surface area contributed by atoms with Gasteiger partial charge in [-0.1, -0.05) is 13.8 Å². The second-order valence-corrected chi connectivity index (χ2v) is 3.43. The molecule has 3 heteroatoms. The van der Waals surface area contributed by atoms with Crippen LogP contribution in [0.15, 0.2) is 12.4 Å². The zero-order chi connectivity index (χ0) is 8.97. The molecule has 0 unspecified atom stereocenters. The fourth-order valence-corrected chi connectivity index (χ4v) is 1.21. The average Bonchev–Trinajstić information content (AvgIpc) is 2.36. The van der Waals surface area contributed by atoms with Gasteiger partial charge in [0.05, 0.1) is 19.3 Å². The lowest BCUT2D eigenvalue weighted by atomic mass is 10.1. The molecule has 1 N–H and O–H groups in total. The number of aromatic nitrogens is 2. The van der Waals surface area contributed by atoms with Crippen LogP contribution < -0.4 is 0 Å². The molecule has 0 aromatic carbocycles. The minimum absolute atomic E-state index is 0.156. The zero-order valence-corrected chi connectivity index (χ0v) is 7.70. The highest BCUT2D eigenvalue weighted by molar-refractivity contribution is 5.04. The van der Waals surface area contributed by atoms with Gasteiger partial charge >= 0.3 is 0 Å². The molecule has 12 heavy (non-hydrogen) atoms. The van der Waals surface area contributed by atoms with Crippen molar-refractivity contribution >= 4 is 0 Å². The lowest BCUT2D eigenvalue weighted by Crippen LogP contribution is -2.01. The number of aliphatic hydroxyl groups excluding tert-OH is 1. The standard InChI is InChI=1S/C9H16N2O/c1-8(2)5-9-6-10-11(7-9)3-4-12/h6-8,12H,3-5H2,1-2H3. The van der Waals surface area contributed by atoms with Gasteiger partial charge in [0.2, 0.25) is 0 Å². The molecule has 0 aliphatic heterocycles. The van der Waals surface area contributed by atoms with E-state index in [1.165, 1.54) is 5.56 Å². The summed E-state index contributed by atoms with van der Waals surface area (Å²) < 4.78 is 1.78. The van der Waals surface area contributed by atoms with Gasteiger partial charge in [0.1, 0.15) is 0 Å². The van der Waals surface area contributed by atoms with Gasteiger partial charge in [0.15, 0.2) is 0 Å². The molecule has 1 heterocycles. The SMILES string of the molecule is CC(C)Cc1cnn(CCO)c1. The van der Waals surface area contributed by atoms with Crippen LogP contribution in [0.4, 0.5) is 0 Å². The second kappa shape index (κ2) is 4.26. The molecule has 3 nitrogen and oxygen atoms in total. The van der Waals surface area contributed by atoms with Gasteiger partial charge in [0.25, 0.3) is 0 Å². The van der Waals surface area contributed by atoms with Gasteiger partial charge in [-0.05, 0) is 17.9 Å². The predicted molar refractivity (Wildman–Crippen MR) is 47.9 cm³/mol. The summed E-state index contributed by atoms with van der Waals surface area (Å²) in [6.07, 6.45) is 4.93. The first-order valence-corrected chi connectivity index (χ1v) is 4.34.